The van der Waals surface area contributed by atoms with Gasteiger partial charge in [0, 0.05) is 6.54 Å². The Hall–Kier alpha value is -1.72. The monoisotopic (exact) mass is 318 g/mol. The third kappa shape index (κ3) is 3.36. The lowest BCUT2D eigenvalue weighted by Crippen LogP contribution is -2.36. The molecule has 116 valence electrons. The van der Waals surface area contributed by atoms with E-state index in [1.165, 1.54) is 30.5 Å². The van der Waals surface area contributed by atoms with Crippen molar-refractivity contribution in [2.75, 3.05) is 19.6 Å². The van der Waals surface area contributed by atoms with Gasteiger partial charge in [0.1, 0.15) is 5.82 Å². The Morgan fingerprint density at radius 3 is 2.73 bits per heavy atom. The molecule has 2 heterocycles. The highest BCUT2D eigenvalue weighted by molar-refractivity contribution is 7.07. The number of nitrogens with one attached hydrogen (secondary N) is 1. The molecule has 1 saturated heterocycles. The Balaban J connectivity index is 1.69. The summed E-state index contributed by atoms with van der Waals surface area (Å²) in [6.07, 6.45) is 2.39. The van der Waals surface area contributed by atoms with E-state index >= 15 is 0 Å². The SMILES string of the molecule is O=C(NCC(c1ccsc1)N1CCCC1)c1ccccc1F. The smallest absolute Gasteiger partial charge is 0.254 e. The Kier molecular flexibility index (Phi) is 4.85. The Bertz CT molecular complexity index is 623. The van der Waals surface area contributed by atoms with E-state index in [1.54, 1.807) is 23.5 Å². The molecule has 1 amide bonds. The zero-order chi connectivity index (χ0) is 15.4. The molecule has 1 aromatic carbocycles. The average molecular weight is 318 g/mol. The molecule has 1 N–H and O–H groups in total. The van der Waals surface area contributed by atoms with E-state index in [2.05, 4.69) is 27.0 Å². The van der Waals surface area contributed by atoms with Crippen molar-refractivity contribution >= 4 is 17.2 Å². The van der Waals surface area contributed by atoms with E-state index in [-0.39, 0.29) is 17.5 Å². The predicted octanol–water partition coefficient (Wildman–Crippen LogP) is 3.45. The molecule has 1 atom stereocenters. The highest BCUT2D eigenvalue weighted by Crippen LogP contribution is 2.26. The zero-order valence-corrected chi connectivity index (χ0v) is 13.1. The molecule has 0 aliphatic carbocycles. The van der Waals surface area contributed by atoms with Crippen LogP contribution in [0.5, 0.6) is 0 Å². The van der Waals surface area contributed by atoms with Crippen LogP contribution in [0.1, 0.15) is 34.8 Å². The van der Waals surface area contributed by atoms with Gasteiger partial charge in [0.25, 0.3) is 5.91 Å². The van der Waals surface area contributed by atoms with E-state index in [4.69, 9.17) is 0 Å². The number of amides is 1. The van der Waals surface area contributed by atoms with Crippen LogP contribution in [-0.4, -0.2) is 30.4 Å². The van der Waals surface area contributed by atoms with Crippen molar-refractivity contribution in [1.82, 2.24) is 10.2 Å². The second-order valence-electron chi connectivity index (χ2n) is 5.51. The molecule has 1 fully saturated rings. The van der Waals surface area contributed by atoms with Crippen molar-refractivity contribution in [3.63, 3.8) is 0 Å². The maximum absolute atomic E-state index is 13.7. The van der Waals surface area contributed by atoms with Gasteiger partial charge in [0.15, 0.2) is 0 Å². The summed E-state index contributed by atoms with van der Waals surface area (Å²) < 4.78 is 13.7. The van der Waals surface area contributed by atoms with Gasteiger partial charge in [0.2, 0.25) is 0 Å². The number of carbonyl (C=O) groups is 1. The van der Waals surface area contributed by atoms with Crippen LogP contribution in [0.3, 0.4) is 0 Å². The van der Waals surface area contributed by atoms with Crippen molar-refractivity contribution < 1.29 is 9.18 Å². The van der Waals surface area contributed by atoms with E-state index < -0.39 is 5.82 Å². The predicted molar refractivity (Wildman–Crippen MR) is 86.6 cm³/mol. The van der Waals surface area contributed by atoms with Crippen molar-refractivity contribution in [2.45, 2.75) is 18.9 Å². The molecule has 1 unspecified atom stereocenters. The molecule has 1 aromatic heterocycles. The summed E-state index contributed by atoms with van der Waals surface area (Å²) in [5.41, 5.74) is 1.33. The Morgan fingerprint density at radius 1 is 1.27 bits per heavy atom. The number of rotatable bonds is 5. The van der Waals surface area contributed by atoms with Gasteiger partial charge in [0.05, 0.1) is 11.6 Å². The number of hydrogen-bond donors (Lipinski definition) is 1. The van der Waals surface area contributed by atoms with E-state index in [0.717, 1.165) is 13.1 Å². The summed E-state index contributed by atoms with van der Waals surface area (Å²) >= 11 is 1.66. The van der Waals surface area contributed by atoms with E-state index in [9.17, 15) is 9.18 Å². The maximum Gasteiger partial charge on any atom is 0.254 e. The van der Waals surface area contributed by atoms with Gasteiger partial charge < -0.3 is 5.32 Å². The van der Waals surface area contributed by atoms with Crippen molar-refractivity contribution in [3.05, 3.63) is 58.0 Å². The number of benzene rings is 1. The van der Waals surface area contributed by atoms with Crippen molar-refractivity contribution in [3.8, 4) is 0 Å². The molecular formula is C17H19FN2OS. The maximum atomic E-state index is 13.7. The number of halogens is 1. The van der Waals surface area contributed by atoms with Crippen LogP contribution >= 0.6 is 11.3 Å². The van der Waals surface area contributed by atoms with Gasteiger partial charge in [-0.15, -0.1) is 0 Å². The minimum absolute atomic E-state index is 0.105. The second kappa shape index (κ2) is 7.03. The quantitative estimate of drug-likeness (QED) is 0.916. The number of thiophene rings is 1. The van der Waals surface area contributed by atoms with Gasteiger partial charge in [-0.3, -0.25) is 9.69 Å². The molecule has 0 radical (unpaired) electrons. The fourth-order valence-electron chi connectivity index (χ4n) is 2.91. The summed E-state index contributed by atoms with van der Waals surface area (Å²) in [5.74, 6) is -0.828. The van der Waals surface area contributed by atoms with E-state index in [1.807, 2.05) is 0 Å². The molecule has 1 aliphatic rings. The highest BCUT2D eigenvalue weighted by Gasteiger charge is 2.24. The van der Waals surface area contributed by atoms with Gasteiger partial charge >= 0.3 is 0 Å². The molecule has 1 aliphatic heterocycles. The normalized spacial score (nSPS) is 16.6. The average Bonchev–Trinajstić information content (AvgIpc) is 3.21. The van der Waals surface area contributed by atoms with Crippen LogP contribution in [0.2, 0.25) is 0 Å². The molecule has 22 heavy (non-hydrogen) atoms. The van der Waals surface area contributed by atoms with Crippen molar-refractivity contribution in [1.29, 1.82) is 0 Å². The Labute approximate surface area is 133 Å². The van der Waals surface area contributed by atoms with Crippen LogP contribution in [0.15, 0.2) is 41.1 Å². The lowest BCUT2D eigenvalue weighted by atomic mass is 10.1. The minimum Gasteiger partial charge on any atom is -0.350 e. The largest absolute Gasteiger partial charge is 0.350 e. The van der Waals surface area contributed by atoms with Gasteiger partial charge in [-0.1, -0.05) is 12.1 Å². The first-order valence-electron chi connectivity index (χ1n) is 7.54. The highest BCUT2D eigenvalue weighted by atomic mass is 32.1. The van der Waals surface area contributed by atoms with Crippen molar-refractivity contribution in [2.24, 2.45) is 0 Å². The number of likely N-dealkylation sites (tertiary alicyclic amines) is 1. The summed E-state index contributed by atoms with van der Waals surface area (Å²) in [7, 11) is 0. The lowest BCUT2D eigenvalue weighted by molar-refractivity contribution is 0.0934. The van der Waals surface area contributed by atoms with Gasteiger partial charge in [-0.25, -0.2) is 4.39 Å². The molecule has 2 aromatic rings. The number of hydrogen-bond acceptors (Lipinski definition) is 3. The van der Waals surface area contributed by atoms with Crippen LogP contribution in [-0.2, 0) is 0 Å². The Morgan fingerprint density at radius 2 is 2.05 bits per heavy atom. The van der Waals surface area contributed by atoms with Crippen LogP contribution in [0.25, 0.3) is 0 Å². The summed E-state index contributed by atoms with van der Waals surface area (Å²) in [4.78, 5) is 14.6. The zero-order valence-electron chi connectivity index (χ0n) is 12.3. The third-order valence-corrected chi connectivity index (χ3v) is 4.79. The molecule has 0 spiro atoms. The first-order chi connectivity index (χ1) is 10.8. The molecule has 0 bridgehead atoms. The van der Waals surface area contributed by atoms with Gasteiger partial charge in [-0.2, -0.15) is 11.3 Å². The molecule has 3 rings (SSSR count). The molecular weight excluding hydrogens is 299 g/mol. The van der Waals surface area contributed by atoms with Crippen LogP contribution in [0, 0.1) is 5.82 Å². The summed E-state index contributed by atoms with van der Waals surface area (Å²) in [6.45, 7) is 2.61. The summed E-state index contributed by atoms with van der Waals surface area (Å²) in [5, 5.41) is 7.07. The standard InChI is InChI=1S/C17H19FN2OS/c18-15-6-2-1-5-14(15)17(21)19-11-16(13-7-10-22-12-13)20-8-3-4-9-20/h1-2,5-7,10,12,16H,3-4,8-9,11H2,(H,19,21). The molecule has 5 heteroatoms. The molecule has 3 nitrogen and oxygen atoms in total. The van der Waals surface area contributed by atoms with Crippen LogP contribution in [0.4, 0.5) is 4.39 Å². The fourth-order valence-corrected chi connectivity index (χ4v) is 3.61. The van der Waals surface area contributed by atoms with Crippen LogP contribution < -0.4 is 5.32 Å². The lowest BCUT2D eigenvalue weighted by Gasteiger charge is -2.27. The van der Waals surface area contributed by atoms with E-state index in [0.29, 0.717) is 6.54 Å². The first-order valence-corrected chi connectivity index (χ1v) is 8.49. The first kappa shape index (κ1) is 15.2. The summed E-state index contributed by atoms with van der Waals surface area (Å²) in [6, 6.07) is 8.36. The fraction of sp³-hybridized carbons (Fsp3) is 0.353. The third-order valence-electron chi connectivity index (χ3n) is 4.08. The second-order valence-corrected chi connectivity index (χ2v) is 6.29. The number of nitrogens with zero attached hydrogens (tertiary/aromatic N) is 1. The number of carbonyl (C=O) groups excluding carboxylic acids is 1. The minimum atomic E-state index is -0.478. The van der Waals surface area contributed by atoms with Gasteiger partial charge in [-0.05, 0) is 60.5 Å². The molecule has 0 saturated carbocycles. The topological polar surface area (TPSA) is 32.3 Å².